The molecule has 30 heavy (non-hydrogen) atoms. The molecule has 2 atom stereocenters. The van der Waals surface area contributed by atoms with Gasteiger partial charge in [0.05, 0.1) is 36.6 Å². The molecule has 154 valence electrons. The van der Waals surface area contributed by atoms with Gasteiger partial charge in [0.1, 0.15) is 5.69 Å². The molecule has 2 aliphatic heterocycles. The van der Waals surface area contributed by atoms with E-state index in [4.69, 9.17) is 0 Å². The first-order chi connectivity index (χ1) is 14.4. The lowest BCUT2D eigenvalue weighted by molar-refractivity contribution is 0.0401. The number of hydrogen-bond acceptors (Lipinski definition) is 4. The van der Waals surface area contributed by atoms with Gasteiger partial charge in [-0.25, -0.2) is 4.68 Å². The second kappa shape index (κ2) is 6.87. The molecule has 2 aromatic carbocycles. The number of nitrogens with zero attached hydrogens (tertiary/aromatic N) is 4. The Balaban J connectivity index is 1.40. The van der Waals surface area contributed by atoms with Gasteiger partial charge in [-0.3, -0.25) is 4.79 Å². The average molecular weight is 423 g/mol. The van der Waals surface area contributed by atoms with Crippen LogP contribution in [0, 0.1) is 6.92 Å². The SMILES string of the molecule is Cc1nn(-c2ccccc2)c2c1C(C)N(C1CN([S+](=O)([O-])c3ccccc3)C1)C2=O. The number of para-hydroxylation sites is 1. The van der Waals surface area contributed by atoms with Crippen LogP contribution in [-0.4, -0.2) is 48.6 Å². The number of aromatic nitrogens is 2. The van der Waals surface area contributed by atoms with E-state index in [9.17, 15) is 13.6 Å². The molecular weight excluding hydrogens is 400 g/mol. The molecule has 1 amide bonds. The van der Waals surface area contributed by atoms with Crippen LogP contribution < -0.4 is 0 Å². The Morgan fingerprint density at radius 1 is 1.03 bits per heavy atom. The minimum atomic E-state index is -3.54. The van der Waals surface area contributed by atoms with Crippen LogP contribution in [0.2, 0.25) is 0 Å². The van der Waals surface area contributed by atoms with Gasteiger partial charge in [0, 0.05) is 5.56 Å². The third-order valence-electron chi connectivity index (χ3n) is 5.98. The molecule has 2 unspecified atom stereocenters. The number of carbonyl (C=O) groups is 1. The number of sulfonamides is 1. The van der Waals surface area contributed by atoms with Crippen molar-refractivity contribution in [3.8, 4) is 5.69 Å². The summed E-state index contributed by atoms with van der Waals surface area (Å²) in [7, 11) is -3.54. The number of hydrogen-bond donors (Lipinski definition) is 0. The summed E-state index contributed by atoms with van der Waals surface area (Å²) >= 11 is 0. The van der Waals surface area contributed by atoms with Crippen molar-refractivity contribution >= 4 is 16.3 Å². The first-order valence-corrected chi connectivity index (χ1v) is 11.4. The topological polar surface area (TPSA) is 81.5 Å². The lowest BCUT2D eigenvalue weighted by Crippen LogP contribution is -2.62. The second-order valence-corrected chi connectivity index (χ2v) is 9.71. The van der Waals surface area contributed by atoms with Crippen LogP contribution in [0.4, 0.5) is 0 Å². The lowest BCUT2D eigenvalue weighted by Gasteiger charge is -2.45. The van der Waals surface area contributed by atoms with Gasteiger partial charge in [-0.05, 0) is 38.1 Å². The van der Waals surface area contributed by atoms with E-state index in [1.807, 2.05) is 49.1 Å². The molecule has 0 spiro atoms. The maximum atomic E-state index is 13.4. The van der Waals surface area contributed by atoms with Crippen molar-refractivity contribution in [2.75, 3.05) is 13.1 Å². The number of carbonyl (C=O) groups excluding carboxylic acids is 1. The number of amides is 1. The van der Waals surface area contributed by atoms with Crippen LogP contribution in [0.25, 0.3) is 5.69 Å². The first-order valence-electron chi connectivity index (χ1n) is 9.92. The van der Waals surface area contributed by atoms with Crippen molar-refractivity contribution in [3.05, 3.63) is 77.6 Å². The van der Waals surface area contributed by atoms with E-state index in [-0.39, 0.29) is 22.9 Å². The molecule has 0 aliphatic carbocycles. The second-order valence-electron chi connectivity index (χ2n) is 7.77. The largest absolute Gasteiger partial charge is 0.593 e. The molecule has 3 heterocycles. The summed E-state index contributed by atoms with van der Waals surface area (Å²) in [4.78, 5) is 15.5. The molecule has 1 fully saturated rings. The van der Waals surface area contributed by atoms with Gasteiger partial charge in [0.15, 0.2) is 15.3 Å². The van der Waals surface area contributed by atoms with Gasteiger partial charge in [-0.1, -0.05) is 40.6 Å². The molecule has 5 rings (SSSR count). The highest BCUT2D eigenvalue weighted by Crippen LogP contribution is 2.41. The predicted octanol–water partition coefficient (Wildman–Crippen LogP) is 2.99. The Kier molecular flexibility index (Phi) is 4.39. The highest BCUT2D eigenvalue weighted by Gasteiger charge is 2.50. The van der Waals surface area contributed by atoms with Crippen LogP contribution in [0.3, 0.4) is 0 Å². The van der Waals surface area contributed by atoms with Crippen molar-refractivity contribution in [1.82, 2.24) is 19.0 Å². The fourth-order valence-electron chi connectivity index (χ4n) is 4.45. The molecule has 2 aliphatic rings. The molecule has 1 saturated heterocycles. The van der Waals surface area contributed by atoms with Crippen molar-refractivity contribution in [2.24, 2.45) is 0 Å². The molecule has 1 aromatic heterocycles. The maximum absolute atomic E-state index is 13.4. The summed E-state index contributed by atoms with van der Waals surface area (Å²) in [5, 5.41) is 4.60. The van der Waals surface area contributed by atoms with E-state index in [1.54, 1.807) is 35.0 Å². The van der Waals surface area contributed by atoms with E-state index in [2.05, 4.69) is 5.10 Å². The predicted molar refractivity (Wildman–Crippen MR) is 112 cm³/mol. The standard InChI is InChI=1S/C22H22N4O3S/c1-15-20-16(2)25(22(27)21(20)26(23-15)17-9-5-3-6-10-17)18-13-24(14-18)30(28,29)19-11-7-4-8-12-19/h3-12,16,18H,13-14H2,1-2H3. The Labute approximate surface area is 176 Å². The van der Waals surface area contributed by atoms with Crippen LogP contribution in [-0.2, 0) is 14.6 Å². The minimum Gasteiger partial charge on any atom is -0.593 e. The monoisotopic (exact) mass is 422 g/mol. The smallest absolute Gasteiger partial charge is 0.273 e. The summed E-state index contributed by atoms with van der Waals surface area (Å²) < 4.78 is 28.8. The lowest BCUT2D eigenvalue weighted by atomic mass is 10.1. The molecule has 8 heteroatoms. The average Bonchev–Trinajstić information content (AvgIpc) is 3.19. The van der Waals surface area contributed by atoms with Crippen LogP contribution in [0.5, 0.6) is 0 Å². The van der Waals surface area contributed by atoms with Crippen molar-refractivity contribution in [3.63, 3.8) is 0 Å². The van der Waals surface area contributed by atoms with Gasteiger partial charge < -0.3 is 9.45 Å². The van der Waals surface area contributed by atoms with E-state index in [0.29, 0.717) is 18.8 Å². The van der Waals surface area contributed by atoms with Crippen LogP contribution in [0.1, 0.15) is 34.7 Å². The van der Waals surface area contributed by atoms with E-state index < -0.39 is 10.4 Å². The fourth-order valence-corrected chi connectivity index (χ4v) is 5.99. The van der Waals surface area contributed by atoms with E-state index in [0.717, 1.165) is 16.9 Å². The molecule has 7 nitrogen and oxygen atoms in total. The highest BCUT2D eigenvalue weighted by molar-refractivity contribution is 7.95. The highest BCUT2D eigenvalue weighted by atomic mass is 32.3. The van der Waals surface area contributed by atoms with E-state index >= 15 is 0 Å². The number of aryl methyl sites for hydroxylation is 1. The molecule has 0 N–H and O–H groups in total. The summed E-state index contributed by atoms with van der Waals surface area (Å²) in [5.41, 5.74) is 3.17. The van der Waals surface area contributed by atoms with Crippen molar-refractivity contribution in [1.29, 1.82) is 0 Å². The summed E-state index contributed by atoms with van der Waals surface area (Å²) in [5.74, 6) is -0.0938. The van der Waals surface area contributed by atoms with Gasteiger partial charge in [-0.2, -0.15) is 5.10 Å². The quantitative estimate of drug-likeness (QED) is 0.606. The van der Waals surface area contributed by atoms with E-state index in [1.165, 1.54) is 4.31 Å². The zero-order valence-corrected chi connectivity index (χ0v) is 17.6. The molecule has 0 saturated carbocycles. The Hall–Kier alpha value is -2.81. The van der Waals surface area contributed by atoms with Gasteiger partial charge >= 0.3 is 0 Å². The zero-order valence-electron chi connectivity index (χ0n) is 16.8. The number of benzene rings is 2. The zero-order chi connectivity index (χ0) is 21.0. The fraction of sp³-hybridized carbons (Fsp3) is 0.273. The third kappa shape index (κ3) is 2.75. The molecule has 0 bridgehead atoms. The Morgan fingerprint density at radius 3 is 2.27 bits per heavy atom. The van der Waals surface area contributed by atoms with Crippen LogP contribution >= 0.6 is 0 Å². The Bertz CT molecular complexity index is 1160. The molecule has 3 aromatic rings. The van der Waals surface area contributed by atoms with Gasteiger partial charge in [-0.15, -0.1) is 4.31 Å². The number of rotatable bonds is 4. The van der Waals surface area contributed by atoms with Crippen molar-refractivity contribution in [2.45, 2.75) is 30.8 Å². The van der Waals surface area contributed by atoms with Gasteiger partial charge in [0.25, 0.3) is 5.91 Å². The Morgan fingerprint density at radius 2 is 1.63 bits per heavy atom. The molecule has 0 radical (unpaired) electrons. The number of fused-ring (bicyclic) bond motifs is 1. The summed E-state index contributed by atoms with van der Waals surface area (Å²) in [6.45, 7) is 4.51. The minimum absolute atomic E-state index is 0.0938. The van der Waals surface area contributed by atoms with Gasteiger partial charge in [0.2, 0.25) is 0 Å². The normalized spacial score (nSPS) is 21.4. The maximum Gasteiger partial charge on any atom is 0.273 e. The third-order valence-corrected chi connectivity index (χ3v) is 7.83. The first kappa shape index (κ1) is 19.2. The van der Waals surface area contributed by atoms with Crippen molar-refractivity contribution < 1.29 is 13.6 Å². The van der Waals surface area contributed by atoms with Crippen LogP contribution in [0.15, 0.2) is 65.6 Å². The molecular formula is C22H22N4O3S. The summed E-state index contributed by atoms with van der Waals surface area (Å²) in [6.07, 6.45) is 0. The summed E-state index contributed by atoms with van der Waals surface area (Å²) in [6, 6.07) is 17.7.